The Morgan fingerprint density at radius 1 is 0.947 bits per heavy atom. The van der Waals surface area contributed by atoms with Gasteiger partial charge in [0.25, 0.3) is 5.69 Å². The molecule has 0 radical (unpaired) electrons. The molecule has 2 atom stereocenters. The van der Waals surface area contributed by atoms with Gasteiger partial charge in [-0.2, -0.15) is 43.9 Å². The molecule has 0 bridgehead atoms. The molecule has 2 rings (SSSR count). The first kappa shape index (κ1) is 31.5. The SMILES string of the molecule is O=C(CS(=O)c1ccc(S(=O)C(F)(F)C(F)(F)C(F)(F)F)cc1[N+](=O)[O-])Nc1cccc(SC(F)(F)F)c1. The van der Waals surface area contributed by atoms with Gasteiger partial charge in [-0.25, -0.2) is 4.21 Å². The normalized spacial score (nSPS) is 14.6. The number of nitrogens with zero attached hydrogens (tertiary/aromatic N) is 1. The van der Waals surface area contributed by atoms with E-state index >= 15 is 0 Å². The molecule has 0 aromatic heterocycles. The smallest absolute Gasteiger partial charge is 0.325 e. The van der Waals surface area contributed by atoms with Gasteiger partial charge in [0.15, 0.2) is 0 Å². The zero-order valence-electron chi connectivity index (χ0n) is 17.7. The maximum atomic E-state index is 13.8. The minimum absolute atomic E-state index is 0.0561. The van der Waals surface area contributed by atoms with Crippen LogP contribution in [0.25, 0.3) is 0 Å². The van der Waals surface area contributed by atoms with Crippen LogP contribution in [-0.2, 0) is 26.4 Å². The van der Waals surface area contributed by atoms with Crippen molar-refractivity contribution in [2.75, 3.05) is 11.1 Å². The van der Waals surface area contributed by atoms with Crippen molar-refractivity contribution in [3.05, 3.63) is 52.6 Å². The van der Waals surface area contributed by atoms with Crippen molar-refractivity contribution < 1.29 is 62.0 Å². The van der Waals surface area contributed by atoms with Gasteiger partial charge in [0.2, 0.25) is 5.91 Å². The maximum absolute atomic E-state index is 13.8. The topological polar surface area (TPSA) is 106 Å². The first-order chi connectivity index (χ1) is 17.2. The lowest BCUT2D eigenvalue weighted by atomic mass is 10.3. The molecule has 1 N–H and O–H groups in total. The summed E-state index contributed by atoms with van der Waals surface area (Å²) in [5.74, 6) is -9.01. The second kappa shape index (κ2) is 11.2. The van der Waals surface area contributed by atoms with Crippen LogP contribution >= 0.6 is 11.8 Å². The van der Waals surface area contributed by atoms with E-state index in [-0.39, 0.29) is 22.7 Å². The monoisotopic (exact) mass is 620 g/mol. The summed E-state index contributed by atoms with van der Waals surface area (Å²) in [7, 11) is -7.14. The van der Waals surface area contributed by atoms with Crippen LogP contribution in [0.3, 0.4) is 0 Å². The van der Waals surface area contributed by atoms with Crippen LogP contribution in [0.4, 0.5) is 55.3 Å². The third-order valence-corrected chi connectivity index (χ3v) is 7.64. The van der Waals surface area contributed by atoms with Gasteiger partial charge in [-0.3, -0.25) is 19.1 Å². The highest BCUT2D eigenvalue weighted by Crippen LogP contribution is 2.49. The Morgan fingerprint density at radius 2 is 1.55 bits per heavy atom. The van der Waals surface area contributed by atoms with Crippen LogP contribution in [0.5, 0.6) is 0 Å². The molecule has 0 spiro atoms. The maximum Gasteiger partial charge on any atom is 0.461 e. The van der Waals surface area contributed by atoms with Crippen molar-refractivity contribution in [1.29, 1.82) is 0 Å². The average molecular weight is 620 g/mol. The van der Waals surface area contributed by atoms with E-state index in [2.05, 4.69) is 5.32 Å². The van der Waals surface area contributed by atoms with E-state index in [9.17, 15) is 67.2 Å². The number of nitro groups is 1. The summed E-state index contributed by atoms with van der Waals surface area (Å²) in [6.45, 7) is 0. The highest BCUT2D eigenvalue weighted by Gasteiger charge is 2.76. The molecule has 0 fully saturated rings. The molecule has 0 aliphatic rings. The highest BCUT2D eigenvalue weighted by atomic mass is 32.2. The fraction of sp³-hybridized carbons (Fsp3) is 0.278. The molecule has 20 heteroatoms. The molecule has 0 saturated heterocycles. The molecule has 210 valence electrons. The number of hydrogen-bond donors (Lipinski definition) is 1. The van der Waals surface area contributed by atoms with Crippen molar-refractivity contribution in [1.82, 2.24) is 0 Å². The first-order valence-electron chi connectivity index (χ1n) is 9.24. The molecular formula is C18H10F10N2O5S3. The number of carbonyl (C=O) groups is 1. The van der Waals surface area contributed by atoms with Gasteiger partial charge in [0.05, 0.1) is 20.6 Å². The van der Waals surface area contributed by atoms with Gasteiger partial charge in [-0.1, -0.05) is 6.07 Å². The number of thioether (sulfide) groups is 1. The number of nitro benzene ring substituents is 1. The lowest BCUT2D eigenvalue weighted by molar-refractivity contribution is -0.388. The number of carbonyl (C=O) groups excluding carboxylic acids is 1. The average Bonchev–Trinajstić information content (AvgIpc) is 2.76. The third-order valence-electron chi connectivity index (χ3n) is 4.15. The van der Waals surface area contributed by atoms with Crippen LogP contribution < -0.4 is 5.32 Å². The van der Waals surface area contributed by atoms with Gasteiger partial charge in [0, 0.05) is 16.6 Å². The van der Waals surface area contributed by atoms with E-state index in [1.807, 2.05) is 0 Å². The molecule has 0 heterocycles. The van der Waals surface area contributed by atoms with E-state index in [0.29, 0.717) is 6.07 Å². The van der Waals surface area contributed by atoms with Crippen LogP contribution in [0.15, 0.2) is 57.2 Å². The number of hydrogen-bond acceptors (Lipinski definition) is 6. The fourth-order valence-corrected chi connectivity index (χ4v) is 5.25. The number of rotatable bonds is 9. The second-order valence-corrected chi connectivity index (χ2v) is 10.9. The van der Waals surface area contributed by atoms with Crippen LogP contribution in [0, 0.1) is 10.1 Å². The van der Waals surface area contributed by atoms with Crippen molar-refractivity contribution in [3.63, 3.8) is 0 Å². The number of amides is 1. The lowest BCUT2D eigenvalue weighted by Crippen LogP contribution is -2.54. The lowest BCUT2D eigenvalue weighted by Gasteiger charge is -2.27. The van der Waals surface area contributed by atoms with Gasteiger partial charge in [-0.05, 0) is 42.1 Å². The molecule has 2 aromatic carbocycles. The van der Waals surface area contributed by atoms with E-state index in [4.69, 9.17) is 0 Å². The molecule has 2 unspecified atom stereocenters. The quantitative estimate of drug-likeness (QED) is 0.163. The van der Waals surface area contributed by atoms with Crippen molar-refractivity contribution in [2.45, 2.75) is 37.5 Å². The Labute approximate surface area is 214 Å². The van der Waals surface area contributed by atoms with Crippen molar-refractivity contribution in [2.24, 2.45) is 0 Å². The third kappa shape index (κ3) is 7.22. The number of benzene rings is 2. The summed E-state index contributed by atoms with van der Waals surface area (Å²) in [6, 6.07) is 4.81. The summed E-state index contributed by atoms with van der Waals surface area (Å²) in [6.07, 6.45) is -6.82. The Balaban J connectivity index is 2.28. The summed E-state index contributed by atoms with van der Waals surface area (Å²) in [4.78, 5) is 19.3. The number of anilines is 1. The summed E-state index contributed by atoms with van der Waals surface area (Å²) >= 11 is -0.508. The van der Waals surface area contributed by atoms with Crippen LogP contribution in [0.1, 0.15) is 0 Å². The minimum Gasteiger partial charge on any atom is -0.325 e. The Bertz CT molecular complexity index is 1280. The molecule has 38 heavy (non-hydrogen) atoms. The van der Waals surface area contributed by atoms with Crippen molar-refractivity contribution in [3.8, 4) is 0 Å². The molecule has 0 aliphatic heterocycles. The number of halogens is 10. The predicted molar refractivity (Wildman–Crippen MR) is 114 cm³/mol. The second-order valence-electron chi connectivity index (χ2n) is 6.86. The Morgan fingerprint density at radius 3 is 2.08 bits per heavy atom. The standard InChI is InChI=1S/C18H10F10N2O5S3/c19-15(20,16(21,22)23)17(24,25)38(35)11-4-5-13(12(7-11)30(32)33)37(34)8-14(31)29-9-2-1-3-10(6-9)36-18(26,27)28/h1-7H,8H2,(H,29,31). The first-order valence-corrected chi connectivity index (χ1v) is 12.5. The highest BCUT2D eigenvalue weighted by molar-refractivity contribution is 8.00. The van der Waals surface area contributed by atoms with Crippen molar-refractivity contribution >= 4 is 50.6 Å². The molecule has 1 amide bonds. The summed E-state index contributed by atoms with van der Waals surface area (Å²) in [5, 5.41) is 7.12. The molecule has 0 aliphatic carbocycles. The molecule has 7 nitrogen and oxygen atoms in total. The number of alkyl halides is 10. The van der Waals surface area contributed by atoms with Gasteiger partial charge in [0.1, 0.15) is 21.4 Å². The zero-order chi connectivity index (χ0) is 29.3. The van der Waals surface area contributed by atoms with Gasteiger partial charge in [-0.15, -0.1) is 0 Å². The molecular weight excluding hydrogens is 610 g/mol. The zero-order valence-corrected chi connectivity index (χ0v) is 20.2. The van der Waals surface area contributed by atoms with E-state index in [1.165, 1.54) is 0 Å². The molecule has 0 saturated carbocycles. The fourth-order valence-electron chi connectivity index (χ4n) is 2.54. The predicted octanol–water partition coefficient (Wildman–Crippen LogP) is 5.85. The Hall–Kier alpha value is -2.74. The summed E-state index contributed by atoms with van der Waals surface area (Å²) < 4.78 is 153. The number of nitrogens with one attached hydrogen (secondary N) is 1. The molecule has 2 aromatic rings. The van der Waals surface area contributed by atoms with Gasteiger partial charge < -0.3 is 5.32 Å². The largest absolute Gasteiger partial charge is 0.461 e. The van der Waals surface area contributed by atoms with E-state index in [0.717, 1.165) is 24.3 Å². The van der Waals surface area contributed by atoms with Gasteiger partial charge >= 0.3 is 22.9 Å². The van der Waals surface area contributed by atoms with E-state index < -0.39 is 88.3 Å². The van der Waals surface area contributed by atoms with Crippen LogP contribution in [-0.4, -0.2) is 47.9 Å². The summed E-state index contributed by atoms with van der Waals surface area (Å²) in [5.41, 5.74) is -6.23. The van der Waals surface area contributed by atoms with E-state index in [1.54, 1.807) is 0 Å². The van der Waals surface area contributed by atoms with Crippen LogP contribution in [0.2, 0.25) is 0 Å². The minimum atomic E-state index is -6.82. The Kier molecular flexibility index (Phi) is 9.25.